The van der Waals surface area contributed by atoms with Gasteiger partial charge in [-0.25, -0.2) is 0 Å². The average molecular weight is 811 g/mol. The Morgan fingerprint density at radius 2 is 0.667 bits per heavy atom. The fraction of sp³-hybridized carbons (Fsp3) is 0.700. The number of quaternary nitrogens is 9. The predicted molar refractivity (Wildman–Crippen MR) is 216 cm³/mol. The second kappa shape index (κ2) is 27.1. The van der Waals surface area contributed by atoms with Gasteiger partial charge in [0, 0.05) is 93.7 Å². The van der Waals surface area contributed by atoms with Gasteiger partial charge >= 0.3 is 0 Å². The second-order valence-corrected chi connectivity index (χ2v) is 15.9. The van der Waals surface area contributed by atoms with Gasteiger partial charge in [0.25, 0.3) is 5.91 Å². The molecule has 0 spiro atoms. The molecule has 17 nitrogen and oxygen atoms in total. The van der Waals surface area contributed by atoms with Gasteiger partial charge in [0.15, 0.2) is 0 Å². The smallest absolute Gasteiger partial charge is 0.251 e. The molecule has 0 atom stereocenters. The highest BCUT2D eigenvalue weighted by Crippen LogP contribution is 2.29. The molecule has 0 fully saturated rings. The molecule has 0 aliphatic rings. The maximum atomic E-state index is 14.1. The number of carbonyl (C=O) groups excluding carboxylic acids is 4. The van der Waals surface area contributed by atoms with Crippen LogP contribution in [0, 0.1) is 12.3 Å². The molecule has 0 aliphatic heterocycles. The number of amides is 4. The quantitative estimate of drug-likeness (QED) is 0.0315. The largest absolute Gasteiger partial charge is 0.357 e. The molecule has 17 heteroatoms. The standard InChI is InChI=1S/C40H75N13O4/c1-2-31-3-5-32(6-4-31)36(57)53-37(10-7-33(54)50-38(13-22-41,14-23-42)15-24-43,11-8-34(55)51-39(16-25-44,17-26-45)18-27-46)12-9-35(56)52-40(19-28-47,20-29-48)21-30-49/h1,3-6H,7-30,41-49H2,(H,50,54)(H,51,55)(H,52,56)(H,53,57)/p+9. The van der Waals surface area contributed by atoms with Gasteiger partial charge in [0.05, 0.1) is 75.5 Å². The van der Waals surface area contributed by atoms with Crippen LogP contribution in [0.3, 0.4) is 0 Å². The van der Waals surface area contributed by atoms with Crippen LogP contribution in [-0.4, -0.2) is 105 Å². The van der Waals surface area contributed by atoms with Crippen molar-refractivity contribution in [1.29, 1.82) is 0 Å². The van der Waals surface area contributed by atoms with E-state index >= 15 is 0 Å². The first kappa shape index (κ1) is 51.3. The molecular formula is C40H84N13O4+9. The number of benzene rings is 1. The molecule has 0 aliphatic carbocycles. The molecule has 1 rings (SSSR count). The van der Waals surface area contributed by atoms with Crippen LogP contribution in [0.25, 0.3) is 0 Å². The Morgan fingerprint density at radius 1 is 0.421 bits per heavy atom. The van der Waals surface area contributed by atoms with Gasteiger partial charge < -0.3 is 72.9 Å². The summed E-state index contributed by atoms with van der Waals surface area (Å²) in [5.41, 5.74) is 34.9. The Hall–Kier alpha value is -3.70. The Kier molecular flexibility index (Phi) is 24.4. The fourth-order valence-electron chi connectivity index (χ4n) is 8.46. The molecule has 0 aromatic heterocycles. The molecule has 0 heterocycles. The minimum atomic E-state index is -1.12. The van der Waals surface area contributed by atoms with E-state index in [9.17, 15) is 19.2 Å². The van der Waals surface area contributed by atoms with E-state index in [1.807, 2.05) is 0 Å². The summed E-state index contributed by atoms with van der Waals surface area (Å²) in [7, 11) is 0. The maximum Gasteiger partial charge on any atom is 0.251 e. The lowest BCUT2D eigenvalue weighted by Gasteiger charge is -2.38. The zero-order valence-corrected chi connectivity index (χ0v) is 35.4. The number of hydrogen-bond donors (Lipinski definition) is 13. The molecule has 0 saturated carbocycles. The fourth-order valence-corrected chi connectivity index (χ4v) is 8.46. The van der Waals surface area contributed by atoms with Gasteiger partial charge in [-0.15, -0.1) is 6.42 Å². The van der Waals surface area contributed by atoms with Gasteiger partial charge in [0.1, 0.15) is 0 Å². The van der Waals surface area contributed by atoms with Crippen molar-refractivity contribution in [3.8, 4) is 12.3 Å². The van der Waals surface area contributed by atoms with Crippen LogP contribution in [-0.2, 0) is 14.4 Å². The van der Waals surface area contributed by atoms with Crippen molar-refractivity contribution in [2.24, 2.45) is 0 Å². The van der Waals surface area contributed by atoms with Crippen LogP contribution < -0.4 is 72.9 Å². The van der Waals surface area contributed by atoms with Crippen molar-refractivity contribution < 1.29 is 70.8 Å². The first-order chi connectivity index (χ1) is 27.3. The van der Waals surface area contributed by atoms with E-state index in [2.05, 4.69) is 78.8 Å². The predicted octanol–water partition coefficient (Wildman–Crippen LogP) is -8.27. The van der Waals surface area contributed by atoms with Crippen molar-refractivity contribution in [1.82, 2.24) is 21.3 Å². The highest BCUT2D eigenvalue weighted by atomic mass is 16.2. The van der Waals surface area contributed by atoms with Gasteiger partial charge in [0.2, 0.25) is 17.7 Å². The first-order valence-corrected chi connectivity index (χ1v) is 21.2. The minimum Gasteiger partial charge on any atom is -0.357 e. The summed E-state index contributed by atoms with van der Waals surface area (Å²) in [6.07, 6.45) is 12.5. The number of rotatable bonds is 32. The summed E-state index contributed by atoms with van der Waals surface area (Å²) >= 11 is 0. The molecule has 0 saturated heterocycles. The monoisotopic (exact) mass is 811 g/mol. The van der Waals surface area contributed by atoms with Crippen LogP contribution in [0.1, 0.15) is 112 Å². The first-order valence-electron chi connectivity index (χ1n) is 21.2. The van der Waals surface area contributed by atoms with E-state index in [0.29, 0.717) is 128 Å². The lowest BCUT2D eigenvalue weighted by molar-refractivity contribution is -0.388. The summed E-state index contributed by atoms with van der Waals surface area (Å²) < 4.78 is 0. The molecule has 0 radical (unpaired) electrons. The molecule has 324 valence electrons. The third-order valence-corrected chi connectivity index (χ3v) is 11.3. The summed E-state index contributed by atoms with van der Waals surface area (Å²) in [5, 5.41) is 13.1. The zero-order valence-electron chi connectivity index (χ0n) is 35.4. The third kappa shape index (κ3) is 17.8. The minimum absolute atomic E-state index is 0.0512. The van der Waals surface area contributed by atoms with Gasteiger partial charge in [-0.1, -0.05) is 5.92 Å². The molecule has 0 bridgehead atoms. The van der Waals surface area contributed by atoms with Crippen molar-refractivity contribution in [2.75, 3.05) is 58.9 Å². The zero-order chi connectivity index (χ0) is 42.8. The molecule has 0 unspecified atom stereocenters. The van der Waals surface area contributed by atoms with Gasteiger partial charge in [-0.2, -0.15) is 0 Å². The van der Waals surface area contributed by atoms with Crippen LogP contribution in [0.15, 0.2) is 24.3 Å². The van der Waals surface area contributed by atoms with Crippen LogP contribution in [0.5, 0.6) is 0 Å². The lowest BCUT2D eigenvalue weighted by atomic mass is 9.81. The lowest BCUT2D eigenvalue weighted by Crippen LogP contribution is -2.64. The summed E-state index contributed by atoms with van der Waals surface area (Å²) in [4.78, 5) is 55.9. The molecule has 1 aromatic carbocycles. The second-order valence-electron chi connectivity index (χ2n) is 15.9. The van der Waals surface area contributed by atoms with Crippen LogP contribution in [0.4, 0.5) is 0 Å². The van der Waals surface area contributed by atoms with E-state index in [-0.39, 0.29) is 62.2 Å². The summed E-state index contributed by atoms with van der Waals surface area (Å²) in [6, 6.07) is 6.70. The average Bonchev–Trinajstić information content (AvgIpc) is 3.16. The van der Waals surface area contributed by atoms with Crippen molar-refractivity contribution in [2.45, 2.75) is 118 Å². The topological polar surface area (TPSA) is 365 Å². The van der Waals surface area contributed by atoms with Gasteiger partial charge in [-0.3, -0.25) is 19.2 Å². The van der Waals surface area contributed by atoms with E-state index in [0.717, 1.165) is 0 Å². The van der Waals surface area contributed by atoms with E-state index in [1.54, 1.807) is 24.3 Å². The number of carbonyl (C=O) groups is 4. The maximum absolute atomic E-state index is 14.1. The molecule has 4 amide bonds. The number of nitrogens with one attached hydrogen (secondary N) is 4. The van der Waals surface area contributed by atoms with E-state index in [4.69, 9.17) is 6.42 Å². The van der Waals surface area contributed by atoms with Gasteiger partial charge in [-0.05, 0) is 43.5 Å². The number of terminal acetylenes is 1. The van der Waals surface area contributed by atoms with Crippen molar-refractivity contribution >= 4 is 23.6 Å². The van der Waals surface area contributed by atoms with Crippen molar-refractivity contribution in [3.05, 3.63) is 35.4 Å². The van der Waals surface area contributed by atoms with E-state index in [1.165, 1.54) is 0 Å². The summed E-state index contributed by atoms with van der Waals surface area (Å²) in [6.45, 7) is 5.74. The Morgan fingerprint density at radius 3 is 0.895 bits per heavy atom. The Bertz CT molecular complexity index is 1230. The molecule has 1 aromatic rings. The highest BCUT2D eigenvalue weighted by molar-refractivity contribution is 5.95. The normalized spacial score (nSPS) is 12.1. The van der Waals surface area contributed by atoms with Crippen LogP contribution >= 0.6 is 0 Å². The molecule has 57 heavy (non-hydrogen) atoms. The highest BCUT2D eigenvalue weighted by Gasteiger charge is 2.39. The van der Waals surface area contributed by atoms with E-state index < -0.39 is 22.2 Å². The van der Waals surface area contributed by atoms with Crippen molar-refractivity contribution in [3.63, 3.8) is 0 Å². The molecular weight excluding hydrogens is 727 g/mol. The number of hydrogen-bond acceptors (Lipinski definition) is 4. The Labute approximate surface area is 340 Å². The third-order valence-electron chi connectivity index (χ3n) is 11.3. The Balaban J connectivity index is 3.73. The van der Waals surface area contributed by atoms with Crippen LogP contribution in [0.2, 0.25) is 0 Å². The molecule has 31 N–H and O–H groups in total. The summed E-state index contributed by atoms with van der Waals surface area (Å²) in [5.74, 6) is 1.64. The SMILES string of the molecule is C#Cc1ccc(C(=O)NC(CCC(=O)NC(CC[NH3+])(CC[NH3+])CC[NH3+])(CCC(=O)NC(CC[NH3+])(CC[NH3+])CC[NH3+])CCC(=O)NC(CC[NH3+])(CC[NH3+])CC[NH3+])cc1.